The first-order valence-electron chi connectivity index (χ1n) is 9.93. The Morgan fingerprint density at radius 3 is 1.52 bits per heavy atom. The summed E-state index contributed by atoms with van der Waals surface area (Å²) in [6.07, 6.45) is 12.4. The molecule has 0 radical (unpaired) electrons. The summed E-state index contributed by atoms with van der Waals surface area (Å²) in [6, 6.07) is 5.75. The van der Waals surface area contributed by atoms with Crippen LogP contribution in [-0.4, -0.2) is 78.2 Å². The molecule has 3 heterocycles. The minimum Gasteiger partial charge on any atom is -1.00 e. The Balaban J connectivity index is 0.00000128. The minimum absolute atomic E-state index is 0. The second kappa shape index (κ2) is 10.6. The summed E-state index contributed by atoms with van der Waals surface area (Å²) in [5.74, 6) is 1.30. The Labute approximate surface area is 216 Å². The van der Waals surface area contributed by atoms with Crippen molar-refractivity contribution in [2.75, 3.05) is 28.2 Å². The van der Waals surface area contributed by atoms with E-state index in [9.17, 15) is 0 Å². The van der Waals surface area contributed by atoms with E-state index in [1.54, 1.807) is 0 Å². The van der Waals surface area contributed by atoms with Gasteiger partial charge in [0, 0.05) is 39.6 Å². The molecular formula is C23H23Cl2FeN7. The van der Waals surface area contributed by atoms with Gasteiger partial charge in [0.25, 0.3) is 0 Å². The Kier molecular flexibility index (Phi) is 8.60. The maximum atomic E-state index is 4.77. The van der Waals surface area contributed by atoms with E-state index in [1.807, 2.05) is 46.4 Å². The summed E-state index contributed by atoms with van der Waals surface area (Å²) in [4.78, 5) is 27.8. The van der Waals surface area contributed by atoms with Crippen LogP contribution in [0.1, 0.15) is 11.4 Å². The molecule has 4 aliphatic rings. The number of nitrogens with zero attached hydrogens (tertiary/aromatic N) is 7. The molecule has 0 amide bonds. The predicted octanol–water partition coefficient (Wildman–Crippen LogP) is -3.74. The largest absolute Gasteiger partial charge is 2.00 e. The normalized spacial score (nSPS) is 21.5. The third-order valence-electron chi connectivity index (χ3n) is 5.33. The van der Waals surface area contributed by atoms with Gasteiger partial charge in [-0.05, 0) is 36.4 Å². The van der Waals surface area contributed by atoms with E-state index in [0.717, 1.165) is 34.2 Å². The predicted molar refractivity (Wildman–Crippen MR) is 122 cm³/mol. The van der Waals surface area contributed by atoms with Gasteiger partial charge >= 0.3 is 17.1 Å². The van der Waals surface area contributed by atoms with Crippen LogP contribution < -0.4 is 24.8 Å². The van der Waals surface area contributed by atoms with Crippen molar-refractivity contribution in [3.05, 3.63) is 77.4 Å². The van der Waals surface area contributed by atoms with Crippen LogP contribution in [0.25, 0.3) is 0 Å². The Morgan fingerprint density at radius 1 is 0.697 bits per heavy atom. The van der Waals surface area contributed by atoms with Gasteiger partial charge < -0.3 is 34.6 Å². The summed E-state index contributed by atoms with van der Waals surface area (Å²) in [7, 11) is 8.08. The number of rotatable bonds is 4. The molecule has 33 heavy (non-hydrogen) atoms. The van der Waals surface area contributed by atoms with Crippen molar-refractivity contribution in [2.24, 2.45) is 20.0 Å². The first-order chi connectivity index (χ1) is 14.5. The van der Waals surface area contributed by atoms with Crippen LogP contribution in [0.5, 0.6) is 0 Å². The fourth-order valence-electron chi connectivity index (χ4n) is 3.61. The van der Waals surface area contributed by atoms with E-state index < -0.39 is 0 Å². The molecule has 7 nitrogen and oxygen atoms in total. The molecule has 1 aromatic heterocycles. The molecule has 0 fully saturated rings. The first kappa shape index (κ1) is 26.7. The fourth-order valence-corrected chi connectivity index (χ4v) is 3.61. The number of hydrogen-bond donors (Lipinski definition) is 0. The van der Waals surface area contributed by atoms with E-state index in [1.165, 1.54) is 0 Å². The van der Waals surface area contributed by atoms with Crippen molar-refractivity contribution < 1.29 is 41.9 Å². The number of aliphatic imine (C=N–C) groups is 4. The third kappa shape index (κ3) is 5.20. The van der Waals surface area contributed by atoms with Crippen LogP contribution in [0.3, 0.4) is 0 Å². The molecule has 2 atom stereocenters. The van der Waals surface area contributed by atoms with Gasteiger partial charge in [0.1, 0.15) is 23.5 Å². The average molecular weight is 524 g/mol. The summed E-state index contributed by atoms with van der Waals surface area (Å²) in [5, 5.41) is 0. The summed E-state index contributed by atoms with van der Waals surface area (Å²) in [6.45, 7) is 0. The zero-order chi connectivity index (χ0) is 20.8. The number of likely N-dealkylation sites (N-methyl/N-ethyl adjacent to an activating group) is 2. The van der Waals surface area contributed by atoms with Crippen LogP contribution in [0.15, 0.2) is 86.0 Å². The summed E-state index contributed by atoms with van der Waals surface area (Å²) >= 11 is 0. The van der Waals surface area contributed by atoms with E-state index in [2.05, 4.69) is 46.3 Å². The number of hydrogen-bond acceptors (Lipinski definition) is 7. The monoisotopic (exact) mass is 523 g/mol. The maximum absolute atomic E-state index is 4.77. The maximum Gasteiger partial charge on any atom is 2.00 e. The van der Waals surface area contributed by atoms with Crippen LogP contribution in [0.2, 0.25) is 0 Å². The van der Waals surface area contributed by atoms with Gasteiger partial charge in [-0.2, -0.15) is 0 Å². The first-order valence-corrected chi connectivity index (χ1v) is 9.93. The molecule has 5 rings (SSSR count). The van der Waals surface area contributed by atoms with Crippen molar-refractivity contribution in [3.63, 3.8) is 0 Å². The van der Waals surface area contributed by atoms with Gasteiger partial charge in [0.05, 0.1) is 11.4 Å². The molecule has 2 aliphatic carbocycles. The minimum atomic E-state index is -0.0409. The second-order valence-corrected chi connectivity index (χ2v) is 7.92. The number of fused-ring (bicyclic) bond motifs is 2. The van der Waals surface area contributed by atoms with Crippen molar-refractivity contribution in [2.45, 2.75) is 12.1 Å². The molecule has 2 unspecified atom stereocenters. The SMILES string of the molecule is CN(C)C1=CC2=NC(c3cccc(C4=NC5C=CC(N(C)C)=CC5=N4)n3)=NC2C=C1.[Cl-].[Cl-].[Fe+2]. The van der Waals surface area contributed by atoms with Crippen molar-refractivity contribution in [3.8, 4) is 0 Å². The van der Waals surface area contributed by atoms with Crippen LogP contribution in [0, 0.1) is 0 Å². The summed E-state index contributed by atoms with van der Waals surface area (Å²) in [5.41, 5.74) is 5.58. The van der Waals surface area contributed by atoms with Crippen molar-refractivity contribution in [1.82, 2.24) is 14.8 Å². The molecule has 10 heteroatoms. The van der Waals surface area contributed by atoms with E-state index in [0.29, 0.717) is 11.7 Å². The molecule has 0 aromatic carbocycles. The molecule has 0 spiro atoms. The molecule has 0 saturated carbocycles. The smallest absolute Gasteiger partial charge is 1.00 e. The Bertz CT molecular complexity index is 1090. The fraction of sp³-hybridized carbons (Fsp3) is 0.261. The van der Waals surface area contributed by atoms with E-state index in [-0.39, 0.29) is 54.0 Å². The molecule has 2 aliphatic heterocycles. The molecule has 1 aromatic rings. The van der Waals surface area contributed by atoms with Crippen molar-refractivity contribution in [1.29, 1.82) is 0 Å². The Morgan fingerprint density at radius 2 is 1.12 bits per heavy atom. The topological polar surface area (TPSA) is 68.8 Å². The zero-order valence-electron chi connectivity index (χ0n) is 18.6. The van der Waals surface area contributed by atoms with Crippen LogP contribution >= 0.6 is 0 Å². The summed E-state index contributed by atoms with van der Waals surface area (Å²) < 4.78 is 0. The number of halogens is 2. The van der Waals surface area contributed by atoms with E-state index in [4.69, 9.17) is 25.0 Å². The van der Waals surface area contributed by atoms with Crippen molar-refractivity contribution >= 4 is 23.1 Å². The van der Waals surface area contributed by atoms with Gasteiger partial charge in [-0.1, -0.05) is 18.2 Å². The van der Waals surface area contributed by atoms with Gasteiger partial charge in [0.15, 0.2) is 11.7 Å². The third-order valence-corrected chi connectivity index (χ3v) is 5.33. The zero-order valence-corrected chi connectivity index (χ0v) is 21.2. The number of pyridine rings is 1. The average Bonchev–Trinajstić information content (AvgIpc) is 3.36. The van der Waals surface area contributed by atoms with Gasteiger partial charge in [-0.25, -0.2) is 15.0 Å². The van der Waals surface area contributed by atoms with Gasteiger partial charge in [0.2, 0.25) is 0 Å². The van der Waals surface area contributed by atoms with Gasteiger partial charge in [-0.15, -0.1) is 0 Å². The molecule has 172 valence electrons. The van der Waals surface area contributed by atoms with E-state index >= 15 is 0 Å². The quantitative estimate of drug-likeness (QED) is 0.381. The molecule has 0 saturated heterocycles. The number of aromatic nitrogens is 1. The Hall–Kier alpha value is -2.51. The molecule has 0 bridgehead atoms. The molecular weight excluding hydrogens is 501 g/mol. The molecule has 0 N–H and O–H groups in total. The van der Waals surface area contributed by atoms with Gasteiger partial charge in [-0.3, -0.25) is 9.98 Å². The number of amidine groups is 2. The van der Waals surface area contributed by atoms with Crippen LogP contribution in [0.4, 0.5) is 0 Å². The number of allylic oxidation sites excluding steroid dienone is 2. The standard InChI is InChI=1S/C23H23N7.2ClH.Fe/c1-29(2)14-8-10-16-20(12-14)27-22(25-16)18-6-5-7-19(24-18)23-26-17-11-9-15(30(3)4)13-21(17)28-23;;;/h5-13,16-17H,1-4H3;2*1H;/q;;;+2/p-2. The second-order valence-electron chi connectivity index (χ2n) is 7.92. The van der Waals surface area contributed by atoms with Crippen LogP contribution in [-0.2, 0) is 17.1 Å².